The molecule has 0 amide bonds. The van der Waals surface area contributed by atoms with E-state index in [2.05, 4.69) is 4.98 Å². The smallest absolute Gasteiger partial charge is 0.354 e. The summed E-state index contributed by atoms with van der Waals surface area (Å²) in [5, 5.41) is 19.9. The van der Waals surface area contributed by atoms with Crippen molar-refractivity contribution in [2.24, 2.45) is 0 Å². The van der Waals surface area contributed by atoms with Crippen molar-refractivity contribution in [2.75, 3.05) is 0 Å². The number of benzene rings is 1. The Balaban J connectivity index is 2.37. The monoisotopic (exact) mass is 294 g/mol. The summed E-state index contributed by atoms with van der Waals surface area (Å²) in [5.74, 6) is -1.13. The van der Waals surface area contributed by atoms with E-state index in [0.29, 0.717) is 0 Å². The van der Waals surface area contributed by atoms with E-state index in [0.717, 1.165) is 6.07 Å². The van der Waals surface area contributed by atoms with Gasteiger partial charge in [0.15, 0.2) is 5.69 Å². The molecule has 2 aromatic rings. The minimum atomic E-state index is -1.22. The average Bonchev–Trinajstić information content (AvgIpc) is 2.41. The van der Waals surface area contributed by atoms with Crippen LogP contribution in [0.15, 0.2) is 36.5 Å². The number of carbonyl (C=O) groups is 1. The topological polar surface area (TPSA) is 103 Å². The van der Waals surface area contributed by atoms with Gasteiger partial charge in [0.2, 0.25) is 5.75 Å². The number of aromatic carboxylic acids is 1. The maximum atomic E-state index is 10.9. The summed E-state index contributed by atoms with van der Waals surface area (Å²) in [6.07, 6.45) is 1.24. The summed E-state index contributed by atoms with van der Waals surface area (Å²) in [6, 6.07) is 6.48. The molecule has 1 aromatic heterocycles. The first-order valence-electron chi connectivity index (χ1n) is 5.28. The van der Waals surface area contributed by atoms with E-state index < -0.39 is 10.9 Å². The number of carboxylic acid groups (broad SMARTS) is 1. The molecule has 0 aliphatic heterocycles. The first-order chi connectivity index (χ1) is 9.47. The van der Waals surface area contributed by atoms with Gasteiger partial charge in [0.25, 0.3) is 0 Å². The molecule has 102 valence electrons. The van der Waals surface area contributed by atoms with Gasteiger partial charge < -0.3 is 9.84 Å². The van der Waals surface area contributed by atoms with Gasteiger partial charge in [-0.05, 0) is 18.2 Å². The van der Waals surface area contributed by atoms with Crippen LogP contribution in [0.1, 0.15) is 10.5 Å². The molecular weight excluding hydrogens is 288 g/mol. The van der Waals surface area contributed by atoms with Gasteiger partial charge >= 0.3 is 11.7 Å². The number of carboxylic acids is 1. The highest BCUT2D eigenvalue weighted by Gasteiger charge is 2.17. The average molecular weight is 295 g/mol. The van der Waals surface area contributed by atoms with Crippen LogP contribution in [0.25, 0.3) is 0 Å². The fourth-order valence-corrected chi connectivity index (χ4v) is 1.60. The Hall–Kier alpha value is -2.67. The number of hydrogen-bond donors (Lipinski definition) is 1. The van der Waals surface area contributed by atoms with Gasteiger partial charge in [-0.25, -0.2) is 9.78 Å². The first kappa shape index (κ1) is 13.8. The van der Waals surface area contributed by atoms with Crippen molar-refractivity contribution in [1.82, 2.24) is 4.98 Å². The van der Waals surface area contributed by atoms with Crippen LogP contribution in [0.4, 0.5) is 5.69 Å². The van der Waals surface area contributed by atoms with Crippen LogP contribution in [-0.4, -0.2) is 21.0 Å². The summed E-state index contributed by atoms with van der Waals surface area (Å²) in [5.41, 5.74) is -0.537. The lowest BCUT2D eigenvalue weighted by atomic mass is 10.3. The summed E-state index contributed by atoms with van der Waals surface area (Å²) in [6.45, 7) is 0. The van der Waals surface area contributed by atoms with Crippen molar-refractivity contribution < 1.29 is 19.6 Å². The van der Waals surface area contributed by atoms with Crippen molar-refractivity contribution >= 4 is 23.3 Å². The van der Waals surface area contributed by atoms with Gasteiger partial charge in [0.05, 0.1) is 4.92 Å². The third-order valence-corrected chi connectivity index (χ3v) is 2.53. The zero-order valence-electron chi connectivity index (χ0n) is 9.82. The Morgan fingerprint density at radius 3 is 2.75 bits per heavy atom. The van der Waals surface area contributed by atoms with E-state index >= 15 is 0 Å². The summed E-state index contributed by atoms with van der Waals surface area (Å²) < 4.78 is 5.31. The Bertz CT molecular complexity index is 689. The van der Waals surface area contributed by atoms with Crippen LogP contribution >= 0.6 is 11.6 Å². The van der Waals surface area contributed by atoms with Crippen molar-refractivity contribution in [2.45, 2.75) is 0 Å². The number of hydrogen-bond acceptors (Lipinski definition) is 5. The van der Waals surface area contributed by atoms with Crippen LogP contribution < -0.4 is 4.74 Å². The number of aromatic nitrogens is 1. The highest BCUT2D eigenvalue weighted by molar-refractivity contribution is 6.30. The van der Waals surface area contributed by atoms with Gasteiger partial charge in [-0.3, -0.25) is 10.1 Å². The third kappa shape index (κ3) is 3.01. The molecule has 0 bridgehead atoms. The van der Waals surface area contributed by atoms with Gasteiger partial charge in [0, 0.05) is 23.4 Å². The van der Waals surface area contributed by atoms with Crippen LogP contribution in [0.5, 0.6) is 11.5 Å². The Morgan fingerprint density at radius 2 is 2.10 bits per heavy atom. The van der Waals surface area contributed by atoms with E-state index in [1.165, 1.54) is 30.5 Å². The highest BCUT2D eigenvalue weighted by atomic mass is 35.5. The number of nitro groups is 1. The summed E-state index contributed by atoms with van der Waals surface area (Å²) in [7, 11) is 0. The van der Waals surface area contributed by atoms with Gasteiger partial charge in [-0.15, -0.1) is 0 Å². The van der Waals surface area contributed by atoms with E-state index in [-0.39, 0.29) is 27.9 Å². The molecule has 0 aliphatic rings. The van der Waals surface area contributed by atoms with Crippen molar-refractivity contribution in [3.8, 4) is 11.5 Å². The fourth-order valence-electron chi connectivity index (χ4n) is 1.44. The summed E-state index contributed by atoms with van der Waals surface area (Å²) >= 11 is 5.68. The Labute approximate surface area is 117 Å². The zero-order valence-corrected chi connectivity index (χ0v) is 10.6. The molecule has 2 rings (SSSR count). The number of pyridine rings is 1. The maximum absolute atomic E-state index is 10.9. The lowest BCUT2D eigenvalue weighted by Gasteiger charge is -2.06. The summed E-state index contributed by atoms with van der Waals surface area (Å²) in [4.78, 5) is 24.7. The molecule has 1 N–H and O–H groups in total. The molecule has 0 saturated carbocycles. The minimum Gasteiger partial charge on any atom is -0.477 e. The molecule has 0 spiro atoms. The fraction of sp³-hybridized carbons (Fsp3) is 0. The lowest BCUT2D eigenvalue weighted by Crippen LogP contribution is -2.00. The van der Waals surface area contributed by atoms with Gasteiger partial charge in [0.1, 0.15) is 5.75 Å². The second kappa shape index (κ2) is 5.54. The predicted octanol–water partition coefficient (Wildman–Crippen LogP) is 3.13. The van der Waals surface area contributed by atoms with Crippen LogP contribution in [-0.2, 0) is 0 Å². The van der Waals surface area contributed by atoms with Gasteiger partial charge in [-0.1, -0.05) is 11.6 Å². The second-order valence-electron chi connectivity index (χ2n) is 3.65. The molecule has 7 nitrogen and oxygen atoms in total. The van der Waals surface area contributed by atoms with Crippen LogP contribution in [0.3, 0.4) is 0 Å². The van der Waals surface area contributed by atoms with Crippen molar-refractivity contribution in [3.63, 3.8) is 0 Å². The SMILES string of the molecule is O=C(O)c1cc(Oc2ccc(Cl)cc2[N+](=O)[O-])ccn1. The number of ether oxygens (including phenoxy) is 1. The molecular formula is C12H7ClN2O5. The maximum Gasteiger partial charge on any atom is 0.354 e. The first-order valence-corrected chi connectivity index (χ1v) is 5.66. The van der Waals surface area contributed by atoms with E-state index in [1.54, 1.807) is 0 Å². The normalized spacial score (nSPS) is 10.1. The van der Waals surface area contributed by atoms with E-state index in [4.69, 9.17) is 21.4 Å². The molecule has 0 radical (unpaired) electrons. The second-order valence-corrected chi connectivity index (χ2v) is 4.09. The van der Waals surface area contributed by atoms with Gasteiger partial charge in [-0.2, -0.15) is 0 Å². The highest BCUT2D eigenvalue weighted by Crippen LogP contribution is 2.33. The number of halogens is 1. The van der Waals surface area contributed by atoms with Crippen molar-refractivity contribution in [3.05, 3.63) is 57.4 Å². The minimum absolute atomic E-state index is 0.0399. The molecule has 8 heteroatoms. The molecule has 0 saturated heterocycles. The van der Waals surface area contributed by atoms with E-state index in [9.17, 15) is 14.9 Å². The van der Waals surface area contributed by atoms with E-state index in [1.807, 2.05) is 0 Å². The molecule has 0 unspecified atom stereocenters. The molecule has 0 aliphatic carbocycles. The standard InChI is InChI=1S/C12H7ClN2O5/c13-7-1-2-11(10(5-7)15(18)19)20-8-3-4-14-9(6-8)12(16)17/h1-6H,(H,16,17). The molecule has 20 heavy (non-hydrogen) atoms. The lowest BCUT2D eigenvalue weighted by molar-refractivity contribution is -0.385. The predicted molar refractivity (Wildman–Crippen MR) is 69.4 cm³/mol. The van der Waals surface area contributed by atoms with Crippen LogP contribution in [0, 0.1) is 10.1 Å². The zero-order chi connectivity index (χ0) is 14.7. The molecule has 0 atom stereocenters. The molecule has 1 heterocycles. The Morgan fingerprint density at radius 1 is 1.35 bits per heavy atom. The van der Waals surface area contributed by atoms with Crippen molar-refractivity contribution in [1.29, 1.82) is 0 Å². The number of nitrogens with zero attached hydrogens (tertiary/aromatic N) is 2. The number of rotatable bonds is 4. The molecule has 1 aromatic carbocycles. The number of nitro benzene ring substituents is 1. The largest absolute Gasteiger partial charge is 0.477 e. The van der Waals surface area contributed by atoms with Crippen LogP contribution in [0.2, 0.25) is 5.02 Å². The Kier molecular flexibility index (Phi) is 3.81. The third-order valence-electron chi connectivity index (χ3n) is 2.30. The quantitative estimate of drug-likeness (QED) is 0.686. The molecule has 0 fully saturated rings.